The zero-order chi connectivity index (χ0) is 12.3. The van der Waals surface area contributed by atoms with E-state index in [2.05, 4.69) is 13.1 Å². The van der Waals surface area contributed by atoms with Crippen molar-refractivity contribution in [3.05, 3.63) is 0 Å². The molecule has 0 bridgehead atoms. The van der Waals surface area contributed by atoms with E-state index in [0.29, 0.717) is 13.2 Å². The maximum atomic E-state index is 5.73. The number of rotatable bonds is 9. The molecule has 2 rings (SSSR count). The molecular weight excluding hydrogens is 240 g/mol. The Bertz CT molecular complexity index is 224. The van der Waals surface area contributed by atoms with E-state index in [0.717, 1.165) is 19.3 Å². The molecule has 6 heteroatoms. The van der Waals surface area contributed by atoms with Crippen LogP contribution in [-0.2, 0) is 23.4 Å². The quantitative estimate of drug-likeness (QED) is 0.352. The van der Waals surface area contributed by atoms with E-state index in [9.17, 15) is 0 Å². The third kappa shape index (κ3) is 5.46. The van der Waals surface area contributed by atoms with Crippen molar-refractivity contribution >= 4 is 8.32 Å². The molecule has 0 aromatic carbocycles. The summed E-state index contributed by atoms with van der Waals surface area (Å²) in [4.78, 5) is 0. The highest BCUT2D eigenvalue weighted by molar-refractivity contribution is 6.71. The molecule has 2 heterocycles. The Hall–Kier alpha value is 0.0169. The molecule has 17 heavy (non-hydrogen) atoms. The lowest BCUT2D eigenvalue weighted by Gasteiger charge is -2.26. The Morgan fingerprint density at radius 1 is 1.12 bits per heavy atom. The highest BCUT2D eigenvalue weighted by atomic mass is 28.4. The first-order chi connectivity index (χ1) is 8.09. The Balaban J connectivity index is 1.71. The monoisotopic (exact) mass is 262 g/mol. The van der Waals surface area contributed by atoms with Crippen molar-refractivity contribution in [3.63, 3.8) is 0 Å². The van der Waals surface area contributed by atoms with Crippen LogP contribution in [0.4, 0.5) is 0 Å². The topological polar surface area (TPSA) is 52.8 Å². The number of hydrogen-bond acceptors (Lipinski definition) is 5. The van der Waals surface area contributed by atoms with Gasteiger partial charge in [-0.15, -0.1) is 0 Å². The van der Waals surface area contributed by atoms with Gasteiger partial charge in [0.15, 0.2) is 14.6 Å². The summed E-state index contributed by atoms with van der Waals surface area (Å²) in [6.45, 7) is 7.17. The zero-order valence-electron chi connectivity index (χ0n) is 10.8. The summed E-state index contributed by atoms with van der Waals surface area (Å²) < 4.78 is 27.3. The molecule has 2 saturated heterocycles. The van der Waals surface area contributed by atoms with Gasteiger partial charge in [-0.25, -0.2) is 0 Å². The van der Waals surface area contributed by atoms with Gasteiger partial charge in [0.25, 0.3) is 0 Å². The van der Waals surface area contributed by atoms with Crippen LogP contribution in [0.15, 0.2) is 0 Å². The molecule has 2 aliphatic heterocycles. The van der Waals surface area contributed by atoms with Crippen LogP contribution < -0.4 is 0 Å². The SMILES string of the molecule is CO[Si](C)(C)CC(OCC1CO1)OCC1CO1. The first kappa shape index (κ1) is 13.4. The molecular formula is C11H22O5Si. The summed E-state index contributed by atoms with van der Waals surface area (Å²) in [5, 5.41) is 0. The fourth-order valence-electron chi connectivity index (χ4n) is 1.41. The third-order valence-corrected chi connectivity index (χ3v) is 5.37. The summed E-state index contributed by atoms with van der Waals surface area (Å²) in [5.41, 5.74) is 0. The standard InChI is InChI=1S/C11H22O5Si/c1-12-17(2,3)8-11(15-6-9-4-13-9)16-7-10-5-14-10/h9-11H,4-8H2,1-3H3. The van der Waals surface area contributed by atoms with E-state index in [1.807, 2.05) is 0 Å². The second-order valence-corrected chi connectivity index (χ2v) is 9.51. The molecule has 2 aliphatic rings. The van der Waals surface area contributed by atoms with E-state index in [-0.39, 0.29) is 18.5 Å². The van der Waals surface area contributed by atoms with Gasteiger partial charge in [-0.05, 0) is 13.1 Å². The first-order valence-corrected chi connectivity index (χ1v) is 9.22. The average molecular weight is 262 g/mol. The molecule has 0 aromatic heterocycles. The van der Waals surface area contributed by atoms with Crippen molar-refractivity contribution < 1.29 is 23.4 Å². The van der Waals surface area contributed by atoms with Crippen molar-refractivity contribution in [2.24, 2.45) is 0 Å². The van der Waals surface area contributed by atoms with Crippen LogP contribution in [0.2, 0.25) is 19.1 Å². The molecule has 0 aromatic rings. The predicted molar refractivity (Wildman–Crippen MR) is 64.5 cm³/mol. The Labute approximate surface area is 103 Å². The summed E-state index contributed by atoms with van der Waals surface area (Å²) in [7, 11) is 0.0860. The summed E-state index contributed by atoms with van der Waals surface area (Å²) in [6.07, 6.45) is 0.348. The fourth-order valence-corrected chi connectivity index (χ4v) is 2.61. The summed E-state index contributed by atoms with van der Waals surface area (Å²) in [6, 6.07) is 0.836. The van der Waals surface area contributed by atoms with Gasteiger partial charge >= 0.3 is 0 Å². The predicted octanol–water partition coefficient (Wildman–Crippen LogP) is 0.995. The summed E-state index contributed by atoms with van der Waals surface area (Å²) >= 11 is 0. The number of ether oxygens (including phenoxy) is 4. The van der Waals surface area contributed by atoms with Crippen LogP contribution in [0.3, 0.4) is 0 Å². The van der Waals surface area contributed by atoms with E-state index in [1.54, 1.807) is 7.11 Å². The second kappa shape index (κ2) is 5.77. The lowest BCUT2D eigenvalue weighted by molar-refractivity contribution is -0.137. The summed E-state index contributed by atoms with van der Waals surface area (Å²) in [5.74, 6) is 0. The molecule has 5 nitrogen and oxygen atoms in total. The van der Waals surface area contributed by atoms with Crippen molar-refractivity contribution in [1.29, 1.82) is 0 Å². The first-order valence-electron chi connectivity index (χ1n) is 6.10. The molecule has 2 atom stereocenters. The Morgan fingerprint density at radius 2 is 1.59 bits per heavy atom. The molecule has 0 saturated carbocycles. The normalized spacial score (nSPS) is 29.1. The van der Waals surface area contributed by atoms with Crippen molar-refractivity contribution in [1.82, 2.24) is 0 Å². The van der Waals surface area contributed by atoms with Gasteiger partial charge < -0.3 is 23.4 Å². The highest BCUT2D eigenvalue weighted by Gasteiger charge is 2.32. The molecule has 0 N–H and O–H groups in total. The van der Waals surface area contributed by atoms with Crippen LogP contribution >= 0.6 is 0 Å². The van der Waals surface area contributed by atoms with Crippen molar-refractivity contribution in [3.8, 4) is 0 Å². The van der Waals surface area contributed by atoms with Gasteiger partial charge in [-0.2, -0.15) is 0 Å². The maximum Gasteiger partial charge on any atom is 0.191 e. The van der Waals surface area contributed by atoms with Gasteiger partial charge in [0, 0.05) is 13.2 Å². The minimum Gasteiger partial charge on any atom is -0.420 e. The van der Waals surface area contributed by atoms with Crippen LogP contribution in [0.1, 0.15) is 0 Å². The van der Waals surface area contributed by atoms with Crippen LogP contribution in [0, 0.1) is 0 Å². The maximum absolute atomic E-state index is 5.73. The van der Waals surface area contributed by atoms with Gasteiger partial charge in [0.05, 0.1) is 26.4 Å². The molecule has 2 fully saturated rings. The number of hydrogen-bond donors (Lipinski definition) is 0. The van der Waals surface area contributed by atoms with Crippen molar-refractivity contribution in [2.75, 3.05) is 33.5 Å². The Morgan fingerprint density at radius 3 is 1.94 bits per heavy atom. The highest BCUT2D eigenvalue weighted by Crippen LogP contribution is 2.20. The average Bonchev–Trinajstić information content (AvgIpc) is 3.16. The van der Waals surface area contributed by atoms with E-state index in [4.69, 9.17) is 23.4 Å². The van der Waals surface area contributed by atoms with E-state index >= 15 is 0 Å². The van der Waals surface area contributed by atoms with Gasteiger partial charge in [-0.1, -0.05) is 0 Å². The minimum absolute atomic E-state index is 0.190. The zero-order valence-corrected chi connectivity index (χ0v) is 11.8. The van der Waals surface area contributed by atoms with E-state index in [1.165, 1.54) is 0 Å². The largest absolute Gasteiger partial charge is 0.420 e. The van der Waals surface area contributed by atoms with Gasteiger partial charge in [0.2, 0.25) is 0 Å². The second-order valence-electron chi connectivity index (χ2n) is 5.17. The fraction of sp³-hybridized carbons (Fsp3) is 1.00. The lowest BCUT2D eigenvalue weighted by atomic mass is 10.5. The third-order valence-electron chi connectivity index (χ3n) is 2.95. The van der Waals surface area contributed by atoms with Gasteiger partial charge in [0.1, 0.15) is 12.2 Å². The van der Waals surface area contributed by atoms with Crippen LogP contribution in [0.25, 0.3) is 0 Å². The molecule has 0 aliphatic carbocycles. The van der Waals surface area contributed by atoms with Crippen LogP contribution in [-0.4, -0.2) is 60.4 Å². The van der Waals surface area contributed by atoms with Crippen LogP contribution in [0.5, 0.6) is 0 Å². The lowest BCUT2D eigenvalue weighted by Crippen LogP contribution is -2.36. The minimum atomic E-state index is -1.68. The van der Waals surface area contributed by atoms with Gasteiger partial charge in [-0.3, -0.25) is 0 Å². The Kier molecular flexibility index (Phi) is 4.57. The molecule has 0 spiro atoms. The van der Waals surface area contributed by atoms with E-state index < -0.39 is 8.32 Å². The molecule has 2 unspecified atom stereocenters. The molecule has 0 radical (unpaired) electrons. The smallest absolute Gasteiger partial charge is 0.191 e. The molecule has 0 amide bonds. The molecule has 100 valence electrons. The number of epoxide rings is 2. The van der Waals surface area contributed by atoms with Crippen molar-refractivity contribution in [2.45, 2.75) is 37.6 Å².